The summed E-state index contributed by atoms with van der Waals surface area (Å²) >= 11 is 3.02. The Morgan fingerprint density at radius 3 is 2.44 bits per heavy atom. The molecule has 41 heavy (non-hydrogen) atoms. The molecule has 0 aliphatic carbocycles. The van der Waals surface area contributed by atoms with E-state index in [1.54, 1.807) is 47.9 Å². The van der Waals surface area contributed by atoms with Gasteiger partial charge in [-0.05, 0) is 47.7 Å². The van der Waals surface area contributed by atoms with Crippen molar-refractivity contribution in [2.45, 2.75) is 24.9 Å². The van der Waals surface area contributed by atoms with Crippen LogP contribution in [0.25, 0.3) is 9.88 Å². The number of benzene rings is 1. The molecule has 3 aromatic heterocycles. The molecule has 0 bridgehead atoms. The van der Waals surface area contributed by atoms with E-state index in [0.29, 0.717) is 17.8 Å². The maximum Gasteiger partial charge on any atom is 0.409 e. The maximum absolute atomic E-state index is 13.7. The second kappa shape index (κ2) is 14.1. The minimum absolute atomic E-state index is 0. The number of ether oxygens (including phenoxy) is 1. The van der Waals surface area contributed by atoms with Crippen LogP contribution in [0.4, 0.5) is 10.5 Å². The number of likely N-dealkylation sites (N-methyl/N-ethyl adjacent to an activating group) is 1. The smallest absolute Gasteiger partial charge is 0.409 e. The molecular weight excluding hydrogens is 589 g/mol. The van der Waals surface area contributed by atoms with Crippen LogP contribution in [0.15, 0.2) is 71.6 Å². The summed E-state index contributed by atoms with van der Waals surface area (Å²) in [5, 5.41) is 7.71. The minimum Gasteiger partial charge on any atom is -0.453 e. The van der Waals surface area contributed by atoms with Crippen molar-refractivity contribution in [2.24, 2.45) is 0 Å². The van der Waals surface area contributed by atoms with Gasteiger partial charge in [-0.2, -0.15) is 8.42 Å². The van der Waals surface area contributed by atoms with Crippen molar-refractivity contribution in [3.63, 3.8) is 0 Å². The number of nitrogens with one attached hydrogen (secondary N) is 2. The molecule has 0 aliphatic heterocycles. The lowest BCUT2D eigenvalue weighted by atomic mass is 10.0. The molecule has 0 saturated carbocycles. The predicted molar refractivity (Wildman–Crippen MR) is 159 cm³/mol. The average molecular weight is 619 g/mol. The standard InChI is InChI=1S/C26H27N5O6S3.H3N/c1-31(26(33)37-2)22(15-19-6-3-4-12-27-19)24(32)28-20(21-16-39-25(29-21)23-7-5-13-38-23)14-17-8-10-18(11-9-17)30-40(34,35)36;/h3-13,16,20,22,30H,14-15H2,1-2H3,(H,28,32)(H,34,35,36);1H3. The molecule has 4 rings (SSSR count). The van der Waals surface area contributed by atoms with Gasteiger partial charge in [0.2, 0.25) is 5.91 Å². The molecule has 6 N–H and O–H groups in total. The molecule has 1 aromatic carbocycles. The lowest BCUT2D eigenvalue weighted by Gasteiger charge is -2.28. The molecular formula is C26H30N6O6S3. The van der Waals surface area contributed by atoms with Crippen molar-refractivity contribution < 1.29 is 27.3 Å². The molecule has 2 amide bonds. The van der Waals surface area contributed by atoms with E-state index >= 15 is 0 Å². The van der Waals surface area contributed by atoms with Crippen LogP contribution in [0, 0.1) is 0 Å². The highest BCUT2D eigenvalue weighted by molar-refractivity contribution is 7.87. The van der Waals surface area contributed by atoms with Crippen LogP contribution < -0.4 is 16.2 Å². The third-order valence-corrected chi connectivity index (χ3v) is 8.32. The summed E-state index contributed by atoms with van der Waals surface area (Å²) in [6, 6.07) is 14.2. The monoisotopic (exact) mass is 618 g/mol. The third-order valence-electron chi connectivity index (χ3n) is 5.93. The summed E-state index contributed by atoms with van der Waals surface area (Å²) in [5.41, 5.74) is 2.24. The normalized spacial score (nSPS) is 12.5. The van der Waals surface area contributed by atoms with E-state index in [0.717, 1.165) is 15.4 Å². The largest absolute Gasteiger partial charge is 0.453 e. The van der Waals surface area contributed by atoms with E-state index in [4.69, 9.17) is 14.3 Å². The van der Waals surface area contributed by atoms with Crippen LogP contribution in [0.5, 0.6) is 0 Å². The molecule has 4 aromatic rings. The number of thiazole rings is 1. The van der Waals surface area contributed by atoms with E-state index in [1.807, 2.05) is 27.6 Å². The number of hydrogen-bond donors (Lipinski definition) is 4. The molecule has 2 atom stereocenters. The van der Waals surface area contributed by atoms with Crippen LogP contribution in [-0.4, -0.2) is 60.0 Å². The molecule has 15 heteroatoms. The van der Waals surface area contributed by atoms with Crippen molar-refractivity contribution in [3.8, 4) is 9.88 Å². The highest BCUT2D eigenvalue weighted by Gasteiger charge is 2.31. The van der Waals surface area contributed by atoms with Crippen LogP contribution in [0.1, 0.15) is 23.0 Å². The topological polar surface area (TPSA) is 186 Å². The fraction of sp³-hybridized carbons (Fsp3) is 0.231. The van der Waals surface area contributed by atoms with Crippen LogP contribution >= 0.6 is 22.7 Å². The summed E-state index contributed by atoms with van der Waals surface area (Å²) in [5.74, 6) is -0.418. The van der Waals surface area contributed by atoms with Gasteiger partial charge in [-0.1, -0.05) is 24.3 Å². The van der Waals surface area contributed by atoms with E-state index in [2.05, 4.69) is 10.3 Å². The SMILES string of the molecule is COC(=O)N(C)C(Cc1ccccn1)C(=O)NC(Cc1ccc(NS(=O)(=O)O)cc1)c1csc(-c2cccs2)n1.N. The first-order chi connectivity index (χ1) is 19.1. The lowest BCUT2D eigenvalue weighted by molar-refractivity contribution is -0.126. The number of thiophene rings is 1. The Morgan fingerprint density at radius 1 is 1.07 bits per heavy atom. The van der Waals surface area contributed by atoms with Crippen molar-refractivity contribution in [2.75, 3.05) is 18.9 Å². The molecule has 3 heterocycles. The summed E-state index contributed by atoms with van der Waals surface area (Å²) < 4.78 is 38.2. The number of rotatable bonds is 11. The Balaban J connectivity index is 0.00000462. The Kier molecular flexibility index (Phi) is 10.9. The van der Waals surface area contributed by atoms with E-state index in [9.17, 15) is 18.0 Å². The molecule has 0 spiro atoms. The highest BCUT2D eigenvalue weighted by atomic mass is 32.2. The fourth-order valence-electron chi connectivity index (χ4n) is 3.94. The minimum atomic E-state index is -4.41. The van der Waals surface area contributed by atoms with E-state index < -0.39 is 34.4 Å². The van der Waals surface area contributed by atoms with Crippen LogP contribution in [0.3, 0.4) is 0 Å². The first-order valence-corrected chi connectivity index (χ1v) is 15.2. The van der Waals surface area contributed by atoms with Gasteiger partial charge in [0, 0.05) is 30.7 Å². The summed E-state index contributed by atoms with van der Waals surface area (Å²) in [7, 11) is -1.66. The Hall–Kier alpha value is -3.89. The molecule has 0 aliphatic rings. The van der Waals surface area contributed by atoms with Gasteiger partial charge in [-0.15, -0.1) is 22.7 Å². The number of anilines is 1. The quantitative estimate of drug-likeness (QED) is 0.177. The predicted octanol–water partition coefficient (Wildman–Crippen LogP) is 4.35. The highest BCUT2D eigenvalue weighted by Crippen LogP contribution is 2.31. The Labute approximate surface area is 245 Å². The lowest BCUT2D eigenvalue weighted by Crippen LogP contribution is -2.50. The van der Waals surface area contributed by atoms with Crippen molar-refractivity contribution in [1.82, 2.24) is 26.3 Å². The van der Waals surface area contributed by atoms with Gasteiger partial charge in [-0.3, -0.25) is 24.0 Å². The van der Waals surface area contributed by atoms with Gasteiger partial charge in [0.15, 0.2) is 0 Å². The number of pyridine rings is 1. The first kappa shape index (κ1) is 31.6. The van der Waals surface area contributed by atoms with E-state index in [-0.39, 0.29) is 18.3 Å². The van der Waals surface area contributed by atoms with Gasteiger partial charge in [0.1, 0.15) is 11.0 Å². The van der Waals surface area contributed by atoms with Gasteiger partial charge in [-0.25, -0.2) is 9.78 Å². The van der Waals surface area contributed by atoms with Crippen LogP contribution in [-0.2, 0) is 32.7 Å². The molecule has 218 valence electrons. The zero-order chi connectivity index (χ0) is 28.7. The van der Waals surface area contributed by atoms with E-state index in [1.165, 1.54) is 42.5 Å². The molecule has 12 nitrogen and oxygen atoms in total. The second-order valence-electron chi connectivity index (χ2n) is 8.72. The third kappa shape index (κ3) is 8.80. The fourth-order valence-corrected chi connectivity index (χ4v) is 6.07. The number of amides is 2. The Morgan fingerprint density at radius 2 is 1.83 bits per heavy atom. The maximum atomic E-state index is 13.7. The first-order valence-electron chi connectivity index (χ1n) is 12.0. The number of carbonyl (C=O) groups excluding carboxylic acids is 2. The molecule has 0 radical (unpaired) electrons. The average Bonchev–Trinajstić information content (AvgIpc) is 3.64. The Bertz CT molecular complexity index is 1530. The number of methoxy groups -OCH3 is 1. The van der Waals surface area contributed by atoms with Gasteiger partial charge in [0.25, 0.3) is 0 Å². The summed E-state index contributed by atoms with van der Waals surface area (Å²) in [4.78, 5) is 37.4. The molecule has 2 unspecified atom stereocenters. The molecule has 0 fully saturated rings. The van der Waals surface area contributed by atoms with Crippen molar-refractivity contribution >= 4 is 50.7 Å². The van der Waals surface area contributed by atoms with Gasteiger partial charge >= 0.3 is 16.4 Å². The zero-order valence-corrected chi connectivity index (χ0v) is 24.7. The van der Waals surface area contributed by atoms with Gasteiger partial charge < -0.3 is 16.2 Å². The summed E-state index contributed by atoms with van der Waals surface area (Å²) in [6.45, 7) is 0. The summed E-state index contributed by atoms with van der Waals surface area (Å²) in [6.07, 6.45) is 1.44. The number of nitrogens with zero attached hydrogens (tertiary/aromatic N) is 3. The van der Waals surface area contributed by atoms with Crippen molar-refractivity contribution in [3.05, 3.63) is 88.5 Å². The number of aromatic nitrogens is 2. The number of carbonyl (C=O) groups is 2. The zero-order valence-electron chi connectivity index (χ0n) is 22.3. The van der Waals surface area contributed by atoms with Gasteiger partial charge in [0.05, 0.1) is 29.4 Å². The number of hydrogen-bond acceptors (Lipinski definition) is 10. The molecule has 0 saturated heterocycles. The van der Waals surface area contributed by atoms with Crippen LogP contribution in [0.2, 0.25) is 0 Å². The van der Waals surface area contributed by atoms with Crippen molar-refractivity contribution in [1.29, 1.82) is 0 Å². The second-order valence-corrected chi connectivity index (χ2v) is 11.7.